The highest BCUT2D eigenvalue weighted by Crippen LogP contribution is 2.27. The number of hydrogen-bond acceptors (Lipinski definition) is 5. The number of benzene rings is 2. The van der Waals surface area contributed by atoms with E-state index in [1.165, 1.54) is 28.9 Å². The molecule has 0 aliphatic carbocycles. The summed E-state index contributed by atoms with van der Waals surface area (Å²) in [6.45, 7) is 0.134. The third kappa shape index (κ3) is 4.17. The number of nitrogens with zero attached hydrogens (tertiary/aromatic N) is 3. The van der Waals surface area contributed by atoms with Gasteiger partial charge in [0, 0.05) is 18.3 Å². The molecule has 0 saturated carbocycles. The second-order valence-corrected chi connectivity index (χ2v) is 5.61. The number of aromatic nitrogens is 2. The summed E-state index contributed by atoms with van der Waals surface area (Å²) in [7, 11) is 0. The molecule has 0 aliphatic rings. The van der Waals surface area contributed by atoms with Crippen LogP contribution >= 0.6 is 11.6 Å². The van der Waals surface area contributed by atoms with E-state index < -0.39 is 10.8 Å². The first-order chi connectivity index (χ1) is 12.5. The van der Waals surface area contributed by atoms with Crippen molar-refractivity contribution in [1.29, 1.82) is 0 Å². The molecule has 3 rings (SSSR count). The van der Waals surface area contributed by atoms with E-state index in [0.717, 1.165) is 0 Å². The molecule has 0 saturated heterocycles. The summed E-state index contributed by atoms with van der Waals surface area (Å²) >= 11 is 5.97. The standard InChI is InChI=1S/C17H13ClN4O4/c18-14-7-6-12(22(24)25)10-16(14)19-17(23)15-8-9-21(20-15)11-26-13-4-2-1-3-5-13/h1-10H,11H2,(H,19,23). The number of para-hydroxylation sites is 1. The Balaban J connectivity index is 1.67. The SMILES string of the molecule is O=C(Nc1cc([N+](=O)[O-])ccc1Cl)c1ccn(COc2ccccc2)n1. The van der Waals surface area contributed by atoms with Gasteiger partial charge < -0.3 is 10.1 Å². The summed E-state index contributed by atoms with van der Waals surface area (Å²) in [5.74, 6) is 0.142. The number of hydrogen-bond donors (Lipinski definition) is 1. The van der Waals surface area contributed by atoms with E-state index in [-0.39, 0.29) is 28.8 Å². The summed E-state index contributed by atoms with van der Waals surface area (Å²) < 4.78 is 6.99. The predicted molar refractivity (Wildman–Crippen MR) is 95.4 cm³/mol. The maximum atomic E-state index is 12.3. The quantitative estimate of drug-likeness (QED) is 0.525. The van der Waals surface area contributed by atoms with Crippen LogP contribution in [0, 0.1) is 10.1 Å². The normalized spacial score (nSPS) is 10.3. The molecule has 132 valence electrons. The van der Waals surface area contributed by atoms with Gasteiger partial charge >= 0.3 is 0 Å². The van der Waals surface area contributed by atoms with E-state index in [1.807, 2.05) is 18.2 Å². The summed E-state index contributed by atoms with van der Waals surface area (Å²) in [5.41, 5.74) is 0.0941. The molecule has 0 bridgehead atoms. The first-order valence-corrected chi connectivity index (χ1v) is 7.87. The molecule has 0 radical (unpaired) electrons. The molecule has 0 fully saturated rings. The maximum Gasteiger partial charge on any atom is 0.276 e. The number of ether oxygens (including phenoxy) is 1. The molecule has 1 aromatic heterocycles. The van der Waals surface area contributed by atoms with Gasteiger partial charge in [-0.3, -0.25) is 14.9 Å². The molecule has 2 aromatic carbocycles. The minimum Gasteiger partial charge on any atom is -0.471 e. The number of amides is 1. The van der Waals surface area contributed by atoms with Crippen LogP contribution < -0.4 is 10.1 Å². The van der Waals surface area contributed by atoms with E-state index in [4.69, 9.17) is 16.3 Å². The number of carbonyl (C=O) groups excluding carboxylic acids is 1. The van der Waals surface area contributed by atoms with Crippen molar-refractivity contribution in [1.82, 2.24) is 9.78 Å². The topological polar surface area (TPSA) is 99.3 Å². The molecule has 0 atom stereocenters. The lowest BCUT2D eigenvalue weighted by Gasteiger charge is -2.06. The smallest absolute Gasteiger partial charge is 0.276 e. The molecule has 0 unspecified atom stereocenters. The Morgan fingerprint density at radius 1 is 1.23 bits per heavy atom. The molecular formula is C17H13ClN4O4. The minimum atomic E-state index is -0.568. The number of nitro benzene ring substituents is 1. The molecular weight excluding hydrogens is 360 g/mol. The molecule has 1 N–H and O–H groups in total. The van der Waals surface area contributed by atoms with Gasteiger partial charge in [0.2, 0.25) is 0 Å². The Hall–Kier alpha value is -3.39. The fourth-order valence-corrected chi connectivity index (χ4v) is 2.29. The van der Waals surface area contributed by atoms with E-state index in [0.29, 0.717) is 5.75 Å². The number of carbonyl (C=O) groups is 1. The van der Waals surface area contributed by atoms with Gasteiger partial charge in [-0.1, -0.05) is 29.8 Å². The van der Waals surface area contributed by atoms with E-state index in [2.05, 4.69) is 10.4 Å². The molecule has 0 spiro atoms. The van der Waals surface area contributed by atoms with Crippen molar-refractivity contribution >= 4 is 28.9 Å². The van der Waals surface area contributed by atoms with Crippen LogP contribution in [0.1, 0.15) is 10.5 Å². The molecule has 0 aliphatic heterocycles. The van der Waals surface area contributed by atoms with E-state index in [1.54, 1.807) is 18.3 Å². The van der Waals surface area contributed by atoms with Crippen molar-refractivity contribution < 1.29 is 14.5 Å². The molecule has 8 nitrogen and oxygen atoms in total. The lowest BCUT2D eigenvalue weighted by Crippen LogP contribution is -2.14. The largest absolute Gasteiger partial charge is 0.471 e. The Morgan fingerprint density at radius 3 is 2.73 bits per heavy atom. The number of anilines is 1. The third-order valence-corrected chi connectivity index (χ3v) is 3.72. The lowest BCUT2D eigenvalue weighted by molar-refractivity contribution is -0.384. The second-order valence-electron chi connectivity index (χ2n) is 5.20. The zero-order valence-corrected chi connectivity index (χ0v) is 14.1. The Bertz CT molecular complexity index is 943. The van der Waals surface area contributed by atoms with Gasteiger partial charge in [0.05, 0.1) is 15.6 Å². The van der Waals surface area contributed by atoms with Crippen LogP contribution in [-0.4, -0.2) is 20.6 Å². The second kappa shape index (κ2) is 7.66. The highest BCUT2D eigenvalue weighted by Gasteiger charge is 2.15. The van der Waals surface area contributed by atoms with Crippen molar-refractivity contribution in [3.8, 4) is 5.75 Å². The molecule has 3 aromatic rings. The van der Waals surface area contributed by atoms with Crippen molar-refractivity contribution in [3.63, 3.8) is 0 Å². The Labute approximate surface area is 153 Å². The summed E-state index contributed by atoms with van der Waals surface area (Å²) in [6, 6.07) is 14.5. The van der Waals surface area contributed by atoms with E-state index >= 15 is 0 Å². The molecule has 1 amide bonds. The van der Waals surface area contributed by atoms with Gasteiger partial charge in [0.1, 0.15) is 5.75 Å². The number of non-ortho nitro benzene ring substituents is 1. The van der Waals surface area contributed by atoms with Gasteiger partial charge in [0.25, 0.3) is 11.6 Å². The Morgan fingerprint density at radius 2 is 2.00 bits per heavy atom. The molecule has 1 heterocycles. The van der Waals surface area contributed by atoms with Gasteiger partial charge in [-0.05, 0) is 24.3 Å². The van der Waals surface area contributed by atoms with Crippen LogP contribution in [0.4, 0.5) is 11.4 Å². The van der Waals surface area contributed by atoms with Crippen LogP contribution in [0.2, 0.25) is 5.02 Å². The van der Waals surface area contributed by atoms with Gasteiger partial charge in [0.15, 0.2) is 12.4 Å². The highest BCUT2D eigenvalue weighted by molar-refractivity contribution is 6.34. The van der Waals surface area contributed by atoms with Crippen LogP contribution in [0.5, 0.6) is 5.75 Å². The van der Waals surface area contributed by atoms with Crippen LogP contribution in [0.15, 0.2) is 60.8 Å². The third-order valence-electron chi connectivity index (χ3n) is 3.39. The first kappa shape index (κ1) is 17.4. The number of halogens is 1. The Kier molecular flexibility index (Phi) is 5.14. The van der Waals surface area contributed by atoms with Crippen LogP contribution in [-0.2, 0) is 6.73 Å². The maximum absolute atomic E-state index is 12.3. The monoisotopic (exact) mass is 372 g/mol. The van der Waals surface area contributed by atoms with Gasteiger partial charge in [-0.15, -0.1) is 0 Å². The van der Waals surface area contributed by atoms with Gasteiger partial charge in [-0.25, -0.2) is 4.68 Å². The number of rotatable bonds is 6. The van der Waals surface area contributed by atoms with E-state index in [9.17, 15) is 14.9 Å². The predicted octanol–water partition coefficient (Wildman–Crippen LogP) is 3.73. The number of nitrogens with one attached hydrogen (secondary N) is 1. The fraction of sp³-hybridized carbons (Fsp3) is 0.0588. The van der Waals surface area contributed by atoms with Crippen molar-refractivity contribution in [2.45, 2.75) is 6.73 Å². The van der Waals surface area contributed by atoms with Crippen LogP contribution in [0.25, 0.3) is 0 Å². The summed E-state index contributed by atoms with van der Waals surface area (Å²) in [5, 5.41) is 17.7. The fourth-order valence-electron chi connectivity index (χ4n) is 2.12. The van der Waals surface area contributed by atoms with Gasteiger partial charge in [-0.2, -0.15) is 5.10 Å². The number of nitro groups is 1. The highest BCUT2D eigenvalue weighted by atomic mass is 35.5. The first-order valence-electron chi connectivity index (χ1n) is 7.49. The molecule has 9 heteroatoms. The van der Waals surface area contributed by atoms with Crippen LogP contribution in [0.3, 0.4) is 0 Å². The summed E-state index contributed by atoms with van der Waals surface area (Å²) in [6.07, 6.45) is 1.59. The zero-order chi connectivity index (χ0) is 18.5. The summed E-state index contributed by atoms with van der Waals surface area (Å²) in [4.78, 5) is 22.5. The minimum absolute atomic E-state index is 0.129. The van der Waals surface area contributed by atoms with Crippen molar-refractivity contribution in [3.05, 3.63) is 81.6 Å². The average Bonchev–Trinajstić information content (AvgIpc) is 3.11. The lowest BCUT2D eigenvalue weighted by atomic mass is 10.2. The van der Waals surface area contributed by atoms with Crippen molar-refractivity contribution in [2.24, 2.45) is 0 Å². The van der Waals surface area contributed by atoms with Crippen molar-refractivity contribution in [2.75, 3.05) is 5.32 Å². The average molecular weight is 373 g/mol. The zero-order valence-electron chi connectivity index (χ0n) is 13.3. The molecule has 26 heavy (non-hydrogen) atoms.